The highest BCUT2D eigenvalue weighted by atomic mass is 79.9. The lowest BCUT2D eigenvalue weighted by Gasteiger charge is -2.13. The first-order valence-electron chi connectivity index (χ1n) is 3.88. The van der Waals surface area contributed by atoms with Crippen molar-refractivity contribution in [2.75, 3.05) is 0 Å². The molecule has 0 aromatic heterocycles. The first-order chi connectivity index (χ1) is 7.69. The summed E-state index contributed by atoms with van der Waals surface area (Å²) in [6.07, 6.45) is -4.87. The molecule has 9 heteroatoms. The zero-order valence-corrected chi connectivity index (χ0v) is 10.9. The zero-order chi connectivity index (χ0) is 13.2. The molecule has 0 saturated heterocycles. The van der Waals surface area contributed by atoms with Crippen LogP contribution in [0.15, 0.2) is 21.1 Å². The third-order valence-electron chi connectivity index (χ3n) is 1.43. The van der Waals surface area contributed by atoms with E-state index in [4.69, 9.17) is 0 Å². The first kappa shape index (κ1) is 14.5. The maximum Gasteiger partial charge on any atom is 0.573 e. The van der Waals surface area contributed by atoms with Crippen LogP contribution < -0.4 is 9.47 Å². The van der Waals surface area contributed by atoms with Gasteiger partial charge in [-0.15, -0.1) is 13.2 Å². The predicted octanol–water partition coefficient (Wildman–Crippen LogP) is 4.71. The molecule has 0 atom stereocenters. The minimum atomic E-state index is -4.87. The van der Waals surface area contributed by atoms with E-state index in [0.717, 1.165) is 12.1 Å². The summed E-state index contributed by atoms with van der Waals surface area (Å²) in [4.78, 5) is 0. The Labute approximate surface area is 109 Å². The fourth-order valence-electron chi connectivity index (χ4n) is 0.900. The lowest BCUT2D eigenvalue weighted by Crippen LogP contribution is -2.17. The second kappa shape index (κ2) is 5.38. The highest BCUT2D eigenvalue weighted by Gasteiger charge is 2.32. The van der Waals surface area contributed by atoms with Crippen molar-refractivity contribution in [1.29, 1.82) is 0 Å². The molecule has 1 aromatic rings. The van der Waals surface area contributed by atoms with Gasteiger partial charge < -0.3 is 9.47 Å². The van der Waals surface area contributed by atoms with E-state index in [1.54, 1.807) is 0 Å². The molecule has 2 nitrogen and oxygen atoms in total. The van der Waals surface area contributed by atoms with E-state index >= 15 is 0 Å². The molecule has 0 aliphatic heterocycles. The van der Waals surface area contributed by atoms with Gasteiger partial charge in [0.15, 0.2) is 0 Å². The van der Waals surface area contributed by atoms with Gasteiger partial charge >= 0.3 is 13.0 Å². The van der Waals surface area contributed by atoms with Crippen LogP contribution in [0.25, 0.3) is 0 Å². The lowest BCUT2D eigenvalue weighted by atomic mass is 10.3. The van der Waals surface area contributed by atoms with Crippen LogP contribution in [0.4, 0.5) is 22.0 Å². The number of benzene rings is 1. The number of rotatable bonds is 3. The summed E-state index contributed by atoms with van der Waals surface area (Å²) in [7, 11) is 0. The Morgan fingerprint density at radius 1 is 1.00 bits per heavy atom. The molecule has 0 amide bonds. The SMILES string of the molecule is FC(F)Oc1cc(Br)c(OC(F)(F)F)cc1Br. The summed E-state index contributed by atoms with van der Waals surface area (Å²) in [6, 6.07) is 1.81. The highest BCUT2D eigenvalue weighted by Crippen LogP contribution is 2.38. The summed E-state index contributed by atoms with van der Waals surface area (Å²) in [5.74, 6) is -0.868. The van der Waals surface area contributed by atoms with Crippen molar-refractivity contribution in [3.8, 4) is 11.5 Å². The van der Waals surface area contributed by atoms with Crippen molar-refractivity contribution < 1.29 is 31.4 Å². The standard InChI is InChI=1S/C8H3Br2F5O2/c9-3-2-6(17-8(13,14)15)4(10)1-5(3)16-7(11)12/h1-2,7H. The van der Waals surface area contributed by atoms with Crippen LogP contribution in [0.3, 0.4) is 0 Å². The molecule has 0 spiro atoms. The third kappa shape index (κ3) is 4.66. The molecule has 1 rings (SSSR count). The van der Waals surface area contributed by atoms with Crippen molar-refractivity contribution in [1.82, 2.24) is 0 Å². The Morgan fingerprint density at radius 2 is 1.47 bits per heavy atom. The Morgan fingerprint density at radius 3 is 1.94 bits per heavy atom. The van der Waals surface area contributed by atoms with Crippen LogP contribution in [0, 0.1) is 0 Å². The van der Waals surface area contributed by atoms with Gasteiger partial charge in [0, 0.05) is 0 Å². The molecule has 0 radical (unpaired) electrons. The fraction of sp³-hybridized carbons (Fsp3) is 0.250. The molecule has 0 aliphatic rings. The molecular formula is C8H3Br2F5O2. The minimum Gasteiger partial charge on any atom is -0.434 e. The summed E-state index contributed by atoms with van der Waals surface area (Å²) < 4.78 is 67.2. The molecular weight excluding hydrogens is 383 g/mol. The van der Waals surface area contributed by atoms with Crippen LogP contribution >= 0.6 is 31.9 Å². The average molecular weight is 386 g/mol. The Balaban J connectivity index is 3.01. The normalized spacial score (nSPS) is 11.8. The van der Waals surface area contributed by atoms with Crippen LogP contribution in [0.2, 0.25) is 0 Å². The van der Waals surface area contributed by atoms with Gasteiger partial charge in [-0.25, -0.2) is 0 Å². The second-order valence-electron chi connectivity index (χ2n) is 2.64. The molecule has 17 heavy (non-hydrogen) atoms. The molecule has 0 saturated carbocycles. The maximum absolute atomic E-state index is 12.0. The van der Waals surface area contributed by atoms with Crippen molar-refractivity contribution in [3.05, 3.63) is 21.1 Å². The quantitative estimate of drug-likeness (QED) is 0.701. The van der Waals surface area contributed by atoms with Crippen LogP contribution in [0.1, 0.15) is 0 Å². The van der Waals surface area contributed by atoms with Crippen LogP contribution in [0.5, 0.6) is 11.5 Å². The minimum absolute atomic E-state index is 0.0831. The van der Waals surface area contributed by atoms with Gasteiger partial charge in [0.25, 0.3) is 0 Å². The van der Waals surface area contributed by atoms with Gasteiger partial charge in [0.2, 0.25) is 0 Å². The van der Waals surface area contributed by atoms with E-state index in [1.165, 1.54) is 0 Å². The second-order valence-corrected chi connectivity index (χ2v) is 4.35. The van der Waals surface area contributed by atoms with Crippen molar-refractivity contribution >= 4 is 31.9 Å². The predicted molar refractivity (Wildman–Crippen MR) is 55.2 cm³/mol. The van der Waals surface area contributed by atoms with Crippen molar-refractivity contribution in [3.63, 3.8) is 0 Å². The molecule has 0 aliphatic carbocycles. The Bertz CT molecular complexity index is 408. The molecule has 1 aromatic carbocycles. The molecule has 96 valence electrons. The molecule has 0 unspecified atom stereocenters. The molecule has 0 N–H and O–H groups in total. The molecule has 0 bridgehead atoms. The van der Waals surface area contributed by atoms with Crippen molar-refractivity contribution in [2.24, 2.45) is 0 Å². The highest BCUT2D eigenvalue weighted by molar-refractivity contribution is 9.11. The van der Waals surface area contributed by atoms with E-state index in [9.17, 15) is 22.0 Å². The fourth-order valence-corrected chi connectivity index (χ4v) is 1.72. The monoisotopic (exact) mass is 384 g/mol. The van der Waals surface area contributed by atoms with Crippen LogP contribution in [-0.2, 0) is 0 Å². The number of ether oxygens (including phenoxy) is 2. The first-order valence-corrected chi connectivity index (χ1v) is 5.47. The van der Waals surface area contributed by atoms with E-state index in [-0.39, 0.29) is 14.7 Å². The van der Waals surface area contributed by atoms with Gasteiger partial charge in [-0.1, -0.05) is 0 Å². The van der Waals surface area contributed by atoms with Crippen LogP contribution in [-0.4, -0.2) is 13.0 Å². The van der Waals surface area contributed by atoms with Gasteiger partial charge in [0.05, 0.1) is 8.95 Å². The number of hydrogen-bond acceptors (Lipinski definition) is 2. The van der Waals surface area contributed by atoms with Gasteiger partial charge in [-0.05, 0) is 44.0 Å². The van der Waals surface area contributed by atoms with Gasteiger partial charge in [0.1, 0.15) is 11.5 Å². The number of alkyl halides is 5. The smallest absolute Gasteiger partial charge is 0.434 e. The number of halogens is 7. The zero-order valence-electron chi connectivity index (χ0n) is 7.69. The Hall–Kier alpha value is -0.570. The summed E-state index contributed by atoms with van der Waals surface area (Å²) in [6.45, 7) is -3.08. The van der Waals surface area contributed by atoms with Crippen molar-refractivity contribution in [2.45, 2.75) is 13.0 Å². The Kier molecular flexibility index (Phi) is 4.59. The number of hydrogen-bond donors (Lipinski definition) is 0. The molecule has 0 fully saturated rings. The average Bonchev–Trinajstić information content (AvgIpc) is 2.10. The van der Waals surface area contributed by atoms with E-state index in [2.05, 4.69) is 41.3 Å². The van der Waals surface area contributed by atoms with Gasteiger partial charge in [-0.2, -0.15) is 8.78 Å². The summed E-state index contributed by atoms with van der Waals surface area (Å²) in [5.41, 5.74) is 0. The largest absolute Gasteiger partial charge is 0.573 e. The van der Waals surface area contributed by atoms with E-state index in [0.29, 0.717) is 0 Å². The van der Waals surface area contributed by atoms with E-state index in [1.807, 2.05) is 0 Å². The van der Waals surface area contributed by atoms with E-state index < -0.39 is 18.7 Å². The molecule has 0 heterocycles. The summed E-state index contributed by atoms with van der Waals surface area (Å²) in [5, 5.41) is 0. The van der Waals surface area contributed by atoms with Gasteiger partial charge in [-0.3, -0.25) is 0 Å². The topological polar surface area (TPSA) is 18.5 Å². The summed E-state index contributed by atoms with van der Waals surface area (Å²) >= 11 is 5.54. The maximum atomic E-state index is 12.0. The third-order valence-corrected chi connectivity index (χ3v) is 2.67. The lowest BCUT2D eigenvalue weighted by molar-refractivity contribution is -0.274.